The van der Waals surface area contributed by atoms with Gasteiger partial charge < -0.3 is 9.84 Å². The number of aliphatic hydroxyl groups is 1. The summed E-state index contributed by atoms with van der Waals surface area (Å²) in [6.07, 6.45) is 6.96. The van der Waals surface area contributed by atoms with Crippen LogP contribution in [0.25, 0.3) is 0 Å². The Bertz CT molecular complexity index is 611. The average molecular weight is 320 g/mol. The van der Waals surface area contributed by atoms with Crippen molar-refractivity contribution in [1.29, 1.82) is 0 Å². The van der Waals surface area contributed by atoms with E-state index in [0.717, 1.165) is 5.56 Å². The fourth-order valence-corrected chi connectivity index (χ4v) is 3.37. The van der Waals surface area contributed by atoms with Gasteiger partial charge in [0.05, 0.1) is 13.2 Å². The Morgan fingerprint density at radius 2 is 1.82 bits per heavy atom. The molecule has 1 fully saturated rings. The van der Waals surface area contributed by atoms with Gasteiger partial charge in [0.15, 0.2) is 0 Å². The number of carbonyl (C=O) groups excluding carboxylic acids is 1. The molecule has 0 spiro atoms. The van der Waals surface area contributed by atoms with Crippen LogP contribution < -0.4 is 5.32 Å². The van der Waals surface area contributed by atoms with E-state index in [2.05, 4.69) is 5.32 Å². The van der Waals surface area contributed by atoms with E-state index >= 15 is 0 Å². The highest BCUT2D eigenvalue weighted by Gasteiger charge is 2.45. The van der Waals surface area contributed by atoms with Crippen LogP contribution in [0.3, 0.4) is 0 Å². The number of methoxy groups -OCH3 is 1. The van der Waals surface area contributed by atoms with E-state index < -0.39 is 12.1 Å². The number of aliphatic hydroxyl groups excluding tert-OH is 1. The van der Waals surface area contributed by atoms with Crippen LogP contribution in [0.2, 0.25) is 5.02 Å². The van der Waals surface area contributed by atoms with Crippen molar-refractivity contribution in [1.82, 2.24) is 5.32 Å². The number of hydrogen-bond donors (Lipinski definition) is 2. The molecule has 116 valence electrons. The molecule has 4 nitrogen and oxygen atoms in total. The molecule has 0 radical (unpaired) electrons. The standard InChI is InChI=1S/C17H18ClNO3/c1-22-17(21)15-13-5-3-2-4-12(16(13)20)14(19-15)10-6-8-11(18)9-7-10/h2-9,12-16,19-20H,1H3/t12?,13?,14-,15+,16-/m0/s1. The number of esters is 1. The van der Waals surface area contributed by atoms with Crippen LogP contribution in [0.15, 0.2) is 48.6 Å². The molecule has 1 saturated heterocycles. The molecular formula is C17H18ClNO3. The van der Waals surface area contributed by atoms with Crippen molar-refractivity contribution in [3.63, 3.8) is 0 Å². The van der Waals surface area contributed by atoms with Crippen molar-refractivity contribution in [2.75, 3.05) is 7.11 Å². The summed E-state index contributed by atoms with van der Waals surface area (Å²) in [5.41, 5.74) is 0.979. The molecule has 2 aliphatic rings. The van der Waals surface area contributed by atoms with Crippen LogP contribution in [0, 0.1) is 11.8 Å². The van der Waals surface area contributed by atoms with Crippen LogP contribution in [0.1, 0.15) is 11.6 Å². The van der Waals surface area contributed by atoms with Gasteiger partial charge in [0.25, 0.3) is 0 Å². The first-order chi connectivity index (χ1) is 10.6. The summed E-state index contributed by atoms with van der Waals surface area (Å²) in [5, 5.41) is 14.7. The van der Waals surface area contributed by atoms with Crippen molar-refractivity contribution in [2.45, 2.75) is 18.2 Å². The van der Waals surface area contributed by atoms with Crippen LogP contribution in [0.4, 0.5) is 0 Å². The smallest absolute Gasteiger partial charge is 0.323 e. The first-order valence-corrected chi connectivity index (χ1v) is 7.62. The van der Waals surface area contributed by atoms with E-state index in [9.17, 15) is 9.90 Å². The molecule has 1 aliphatic carbocycles. The number of ether oxygens (including phenoxy) is 1. The van der Waals surface area contributed by atoms with Crippen LogP contribution in [0.5, 0.6) is 0 Å². The predicted octanol–water partition coefficient (Wildman–Crippen LogP) is 2.25. The van der Waals surface area contributed by atoms with Gasteiger partial charge in [-0.2, -0.15) is 0 Å². The molecule has 1 aromatic carbocycles. The van der Waals surface area contributed by atoms with Crippen LogP contribution in [-0.4, -0.2) is 30.3 Å². The summed E-state index contributed by atoms with van der Waals surface area (Å²) < 4.78 is 4.89. The molecule has 2 unspecified atom stereocenters. The lowest BCUT2D eigenvalue weighted by atomic mass is 9.76. The van der Waals surface area contributed by atoms with Gasteiger partial charge in [-0.05, 0) is 17.7 Å². The quantitative estimate of drug-likeness (QED) is 0.821. The molecule has 22 heavy (non-hydrogen) atoms. The number of hydrogen-bond acceptors (Lipinski definition) is 4. The molecule has 2 bridgehead atoms. The zero-order chi connectivity index (χ0) is 15.7. The molecule has 1 heterocycles. The zero-order valence-electron chi connectivity index (χ0n) is 12.1. The van der Waals surface area contributed by atoms with Crippen LogP contribution >= 0.6 is 11.6 Å². The molecule has 0 saturated carbocycles. The molecule has 5 heteroatoms. The molecule has 2 N–H and O–H groups in total. The number of piperidine rings is 1. The lowest BCUT2D eigenvalue weighted by molar-refractivity contribution is -0.148. The number of carbonyl (C=O) groups is 1. The van der Waals surface area contributed by atoms with Gasteiger partial charge in [-0.15, -0.1) is 0 Å². The molecule has 1 aliphatic heterocycles. The maximum absolute atomic E-state index is 12.1. The fraction of sp³-hybridized carbons (Fsp3) is 0.353. The molecule has 1 aromatic rings. The number of nitrogens with one attached hydrogen (secondary N) is 1. The second-order valence-corrected chi connectivity index (χ2v) is 6.05. The first-order valence-electron chi connectivity index (χ1n) is 7.24. The molecular weight excluding hydrogens is 302 g/mol. The Kier molecular flexibility index (Phi) is 4.34. The van der Waals surface area contributed by atoms with Gasteiger partial charge in [-0.1, -0.05) is 48.0 Å². The largest absolute Gasteiger partial charge is 0.468 e. The van der Waals surface area contributed by atoms with Gasteiger partial charge in [0.2, 0.25) is 0 Å². The monoisotopic (exact) mass is 319 g/mol. The first kappa shape index (κ1) is 15.3. The third kappa shape index (κ3) is 2.70. The number of benzene rings is 1. The minimum Gasteiger partial charge on any atom is -0.468 e. The van der Waals surface area contributed by atoms with Gasteiger partial charge >= 0.3 is 5.97 Å². The van der Waals surface area contributed by atoms with Crippen molar-refractivity contribution >= 4 is 17.6 Å². The van der Waals surface area contributed by atoms with Crippen molar-refractivity contribution in [2.24, 2.45) is 11.8 Å². The van der Waals surface area contributed by atoms with E-state index in [-0.39, 0.29) is 23.8 Å². The Balaban J connectivity index is 1.99. The topological polar surface area (TPSA) is 58.6 Å². The fourth-order valence-electron chi connectivity index (χ4n) is 3.24. The number of halogens is 1. The Morgan fingerprint density at radius 1 is 1.18 bits per heavy atom. The molecule has 5 atom stereocenters. The second-order valence-electron chi connectivity index (χ2n) is 5.61. The number of rotatable bonds is 2. The second kappa shape index (κ2) is 6.24. The van der Waals surface area contributed by atoms with Crippen LogP contribution in [-0.2, 0) is 9.53 Å². The third-order valence-electron chi connectivity index (χ3n) is 4.38. The van der Waals surface area contributed by atoms with E-state index in [1.165, 1.54) is 7.11 Å². The summed E-state index contributed by atoms with van der Waals surface area (Å²) in [7, 11) is 1.36. The zero-order valence-corrected chi connectivity index (χ0v) is 12.9. The maximum atomic E-state index is 12.1. The lowest BCUT2D eigenvalue weighted by Gasteiger charge is -2.42. The molecule has 0 amide bonds. The van der Waals surface area contributed by atoms with Gasteiger partial charge in [0.1, 0.15) is 6.04 Å². The molecule has 0 aromatic heterocycles. The lowest BCUT2D eigenvalue weighted by Crippen LogP contribution is -2.57. The van der Waals surface area contributed by atoms with E-state index in [4.69, 9.17) is 16.3 Å². The predicted molar refractivity (Wildman–Crippen MR) is 84.4 cm³/mol. The number of fused-ring (bicyclic) bond motifs is 2. The highest BCUT2D eigenvalue weighted by Crippen LogP contribution is 2.38. The van der Waals surface area contributed by atoms with E-state index in [1.54, 1.807) is 0 Å². The molecule has 3 rings (SSSR count). The maximum Gasteiger partial charge on any atom is 0.323 e. The van der Waals surface area contributed by atoms with Crippen molar-refractivity contribution < 1.29 is 14.6 Å². The Morgan fingerprint density at radius 3 is 2.45 bits per heavy atom. The SMILES string of the molecule is COC(=O)[C@@H]1N[C@@H](c2ccc(Cl)cc2)C2C=CC=CC1[C@H]2O. The minimum absolute atomic E-state index is 0.123. The van der Waals surface area contributed by atoms with E-state index in [0.29, 0.717) is 5.02 Å². The highest BCUT2D eigenvalue weighted by molar-refractivity contribution is 6.30. The van der Waals surface area contributed by atoms with Gasteiger partial charge in [-0.3, -0.25) is 10.1 Å². The summed E-state index contributed by atoms with van der Waals surface area (Å²) in [4.78, 5) is 12.1. The number of allylic oxidation sites excluding steroid dienone is 2. The normalized spacial score (nSPS) is 33.3. The average Bonchev–Trinajstić information content (AvgIpc) is 2.65. The van der Waals surface area contributed by atoms with E-state index in [1.807, 2.05) is 48.6 Å². The Hall–Kier alpha value is -1.62. The summed E-state index contributed by atoms with van der Waals surface area (Å²) in [6.45, 7) is 0. The third-order valence-corrected chi connectivity index (χ3v) is 4.63. The van der Waals surface area contributed by atoms with Gasteiger partial charge in [0, 0.05) is 22.9 Å². The summed E-state index contributed by atoms with van der Waals surface area (Å²) in [6, 6.07) is 6.68. The summed E-state index contributed by atoms with van der Waals surface area (Å²) in [5.74, 6) is -0.800. The minimum atomic E-state index is -0.652. The van der Waals surface area contributed by atoms with Crippen molar-refractivity contribution in [3.05, 3.63) is 59.2 Å². The summed E-state index contributed by atoms with van der Waals surface area (Å²) >= 11 is 5.94. The highest BCUT2D eigenvalue weighted by atomic mass is 35.5. The van der Waals surface area contributed by atoms with Crippen molar-refractivity contribution in [3.8, 4) is 0 Å². The Labute approximate surface area is 134 Å². The van der Waals surface area contributed by atoms with Gasteiger partial charge in [-0.25, -0.2) is 0 Å².